The molecule has 10 heteroatoms. The monoisotopic (exact) mass is 284 g/mol. The zero-order chi connectivity index (χ0) is 13.0. The maximum atomic E-state index is 11.9. The van der Waals surface area contributed by atoms with Gasteiger partial charge in [-0.05, 0) is 6.92 Å². The van der Waals surface area contributed by atoms with Crippen molar-refractivity contribution in [1.29, 1.82) is 0 Å². The molecule has 0 spiro atoms. The summed E-state index contributed by atoms with van der Waals surface area (Å²) in [6.45, 7) is 2.78. The predicted molar refractivity (Wildman–Crippen MR) is 50.7 cm³/mol. The molecule has 0 amide bonds. The van der Waals surface area contributed by atoms with Gasteiger partial charge in [0.1, 0.15) is 0 Å². The molecule has 5 nitrogen and oxygen atoms in total. The van der Waals surface area contributed by atoms with Gasteiger partial charge in [-0.3, -0.25) is 9.09 Å². The van der Waals surface area contributed by atoms with E-state index in [0.717, 1.165) is 0 Å². The second-order valence-electron chi connectivity index (χ2n) is 2.65. The Bertz CT molecular complexity index is 363. The standard InChI is InChI=1S/C6H12F3O5PS/c1-3-13-15(10,4-2)14-5-16(11,12)6(7,8)9/h3-5H2,1-2H3. The molecule has 0 fully saturated rings. The Kier molecular flexibility index (Phi) is 5.45. The molecule has 0 aromatic rings. The molecular weight excluding hydrogens is 272 g/mol. The van der Waals surface area contributed by atoms with Crippen LogP contribution in [0.2, 0.25) is 0 Å². The Morgan fingerprint density at radius 2 is 1.69 bits per heavy atom. The van der Waals surface area contributed by atoms with Gasteiger partial charge in [-0.15, -0.1) is 0 Å². The maximum absolute atomic E-state index is 11.9. The van der Waals surface area contributed by atoms with Crippen molar-refractivity contribution in [3.05, 3.63) is 0 Å². The van der Waals surface area contributed by atoms with Crippen molar-refractivity contribution >= 4 is 17.4 Å². The number of sulfone groups is 1. The van der Waals surface area contributed by atoms with E-state index in [1.807, 2.05) is 0 Å². The van der Waals surface area contributed by atoms with E-state index in [1.54, 1.807) is 0 Å². The van der Waals surface area contributed by atoms with Gasteiger partial charge in [0.05, 0.1) is 6.61 Å². The van der Waals surface area contributed by atoms with Crippen LogP contribution >= 0.6 is 7.60 Å². The number of rotatable bonds is 6. The average molecular weight is 284 g/mol. The molecular formula is C6H12F3O5PS. The molecule has 16 heavy (non-hydrogen) atoms. The summed E-state index contributed by atoms with van der Waals surface area (Å²) in [5, 5.41) is 0. The van der Waals surface area contributed by atoms with Crippen molar-refractivity contribution in [2.24, 2.45) is 0 Å². The first-order valence-corrected chi connectivity index (χ1v) is 7.63. The van der Waals surface area contributed by atoms with E-state index in [1.165, 1.54) is 13.8 Å². The van der Waals surface area contributed by atoms with Crippen molar-refractivity contribution in [3.8, 4) is 0 Å². The average Bonchev–Trinajstić information content (AvgIpc) is 2.14. The molecule has 0 aliphatic carbocycles. The minimum absolute atomic E-state index is 0.0445. The second kappa shape index (κ2) is 5.48. The zero-order valence-electron chi connectivity index (χ0n) is 8.65. The van der Waals surface area contributed by atoms with Crippen molar-refractivity contribution < 1.29 is 35.2 Å². The number of hydrogen-bond acceptors (Lipinski definition) is 5. The van der Waals surface area contributed by atoms with Gasteiger partial charge >= 0.3 is 13.1 Å². The lowest BCUT2D eigenvalue weighted by Gasteiger charge is -2.16. The van der Waals surface area contributed by atoms with Crippen molar-refractivity contribution in [2.75, 3.05) is 18.7 Å². The lowest BCUT2D eigenvalue weighted by atomic mass is 10.9. The SMILES string of the molecule is CCOP(=O)(CC)OCS(=O)(=O)C(F)(F)F. The molecule has 0 rings (SSSR count). The highest BCUT2D eigenvalue weighted by Crippen LogP contribution is 2.48. The number of halogens is 3. The normalized spacial score (nSPS) is 17.1. The summed E-state index contributed by atoms with van der Waals surface area (Å²) >= 11 is 0. The first-order chi connectivity index (χ1) is 7.08. The van der Waals surface area contributed by atoms with Gasteiger partial charge in [0.15, 0.2) is 5.94 Å². The van der Waals surface area contributed by atoms with Crippen LogP contribution < -0.4 is 0 Å². The summed E-state index contributed by atoms with van der Waals surface area (Å²) in [5.41, 5.74) is -5.42. The van der Waals surface area contributed by atoms with Crippen molar-refractivity contribution in [3.63, 3.8) is 0 Å². The van der Waals surface area contributed by atoms with Gasteiger partial charge in [0.2, 0.25) is 0 Å². The van der Waals surface area contributed by atoms with Crippen LogP contribution in [0.3, 0.4) is 0 Å². The molecule has 0 N–H and O–H groups in total. The smallest absolute Gasteiger partial charge is 0.309 e. The Balaban J connectivity index is 4.63. The molecule has 0 bridgehead atoms. The van der Waals surface area contributed by atoms with Crippen LogP contribution in [0.4, 0.5) is 13.2 Å². The van der Waals surface area contributed by atoms with Crippen LogP contribution in [-0.4, -0.2) is 32.6 Å². The van der Waals surface area contributed by atoms with Crippen LogP contribution in [0, 0.1) is 0 Å². The number of hydrogen-bond donors (Lipinski definition) is 0. The molecule has 0 heterocycles. The van der Waals surface area contributed by atoms with Crippen LogP contribution in [0.15, 0.2) is 0 Å². The van der Waals surface area contributed by atoms with E-state index < -0.39 is 28.9 Å². The predicted octanol–water partition coefficient (Wildman–Crippen LogP) is 2.14. The highest BCUT2D eigenvalue weighted by Gasteiger charge is 2.46. The maximum Gasteiger partial charge on any atom is 0.499 e. The second-order valence-corrected chi connectivity index (χ2v) is 6.95. The van der Waals surface area contributed by atoms with Gasteiger partial charge in [0, 0.05) is 6.16 Å². The van der Waals surface area contributed by atoms with E-state index >= 15 is 0 Å². The van der Waals surface area contributed by atoms with Crippen LogP contribution in [0.5, 0.6) is 0 Å². The molecule has 1 atom stereocenters. The van der Waals surface area contributed by atoms with E-state index in [0.29, 0.717) is 0 Å². The third kappa shape index (κ3) is 4.40. The Labute approximate surface area is 91.4 Å². The first kappa shape index (κ1) is 15.9. The van der Waals surface area contributed by atoms with E-state index in [2.05, 4.69) is 9.05 Å². The van der Waals surface area contributed by atoms with Crippen LogP contribution in [0.25, 0.3) is 0 Å². The van der Waals surface area contributed by atoms with Crippen molar-refractivity contribution in [2.45, 2.75) is 19.4 Å². The highest BCUT2D eigenvalue weighted by molar-refractivity contribution is 7.92. The molecule has 0 aromatic heterocycles. The fourth-order valence-corrected chi connectivity index (χ4v) is 2.80. The lowest BCUT2D eigenvalue weighted by molar-refractivity contribution is -0.0449. The fourth-order valence-electron chi connectivity index (χ4n) is 0.633. The van der Waals surface area contributed by atoms with E-state index in [9.17, 15) is 26.2 Å². The summed E-state index contributed by atoms with van der Waals surface area (Å²) in [5.74, 6) is -1.69. The number of alkyl halides is 3. The van der Waals surface area contributed by atoms with Gasteiger partial charge in [-0.2, -0.15) is 13.2 Å². The summed E-state index contributed by atoms with van der Waals surface area (Å²) in [6.07, 6.45) is -0.200. The van der Waals surface area contributed by atoms with Gasteiger partial charge in [0.25, 0.3) is 9.84 Å². The zero-order valence-corrected chi connectivity index (χ0v) is 10.4. The van der Waals surface area contributed by atoms with Crippen molar-refractivity contribution in [1.82, 2.24) is 0 Å². The Morgan fingerprint density at radius 3 is 2.00 bits per heavy atom. The molecule has 0 aliphatic heterocycles. The largest absolute Gasteiger partial charge is 0.499 e. The molecule has 98 valence electrons. The van der Waals surface area contributed by atoms with Gasteiger partial charge in [-0.1, -0.05) is 6.92 Å². The third-order valence-electron chi connectivity index (χ3n) is 1.47. The minimum Gasteiger partial charge on any atom is -0.309 e. The highest BCUT2D eigenvalue weighted by atomic mass is 32.2. The Morgan fingerprint density at radius 1 is 1.19 bits per heavy atom. The molecule has 0 radical (unpaired) electrons. The lowest BCUT2D eigenvalue weighted by Crippen LogP contribution is -2.27. The summed E-state index contributed by atoms with van der Waals surface area (Å²) in [6, 6.07) is 0. The van der Waals surface area contributed by atoms with E-state index in [-0.39, 0.29) is 12.8 Å². The first-order valence-electron chi connectivity index (χ1n) is 4.25. The molecule has 1 unspecified atom stereocenters. The molecule has 0 saturated carbocycles. The topological polar surface area (TPSA) is 69.7 Å². The molecule has 0 saturated heterocycles. The van der Waals surface area contributed by atoms with Crippen LogP contribution in [0.1, 0.15) is 13.8 Å². The third-order valence-corrected chi connectivity index (χ3v) is 4.73. The summed E-state index contributed by atoms with van der Waals surface area (Å²) in [7, 11) is -9.18. The van der Waals surface area contributed by atoms with Crippen LogP contribution in [-0.2, 0) is 23.4 Å². The van der Waals surface area contributed by atoms with Gasteiger partial charge < -0.3 is 4.52 Å². The minimum atomic E-state index is -5.43. The van der Waals surface area contributed by atoms with E-state index in [4.69, 9.17) is 0 Å². The molecule has 0 aromatic carbocycles. The fraction of sp³-hybridized carbons (Fsp3) is 1.00. The summed E-state index contributed by atoms with van der Waals surface area (Å²) < 4.78 is 77.2. The quantitative estimate of drug-likeness (QED) is 0.699. The Hall–Kier alpha value is -0.110. The summed E-state index contributed by atoms with van der Waals surface area (Å²) in [4.78, 5) is 0. The molecule has 0 aliphatic rings. The van der Waals surface area contributed by atoms with Gasteiger partial charge in [-0.25, -0.2) is 8.42 Å².